The Labute approximate surface area is 179 Å². The average Bonchev–Trinajstić information content (AvgIpc) is 3.53. The van der Waals surface area contributed by atoms with E-state index in [0.717, 1.165) is 24.0 Å². The molecule has 2 aromatic heterocycles. The molecule has 1 saturated carbocycles. The second kappa shape index (κ2) is 6.87. The van der Waals surface area contributed by atoms with Gasteiger partial charge in [0.25, 0.3) is 0 Å². The molecule has 4 aromatic rings. The van der Waals surface area contributed by atoms with Crippen LogP contribution in [0.15, 0.2) is 90.1 Å². The molecule has 3 heterocycles. The first-order chi connectivity index (χ1) is 15.2. The quantitative estimate of drug-likeness (QED) is 0.551. The number of nitrogens with zero attached hydrogens (tertiary/aromatic N) is 4. The van der Waals surface area contributed by atoms with Crippen molar-refractivity contribution < 1.29 is 5.11 Å². The van der Waals surface area contributed by atoms with Gasteiger partial charge < -0.3 is 9.67 Å². The summed E-state index contributed by atoms with van der Waals surface area (Å²) in [6.45, 7) is 0. The van der Waals surface area contributed by atoms with Gasteiger partial charge in [0.15, 0.2) is 17.3 Å². The van der Waals surface area contributed by atoms with Gasteiger partial charge in [0.05, 0.1) is 6.04 Å². The van der Waals surface area contributed by atoms with Gasteiger partial charge in [0.1, 0.15) is 6.17 Å². The van der Waals surface area contributed by atoms with Crippen LogP contribution in [0.4, 0.5) is 0 Å². The minimum absolute atomic E-state index is 0.0253. The third-order valence-electron chi connectivity index (χ3n) is 6.28. The van der Waals surface area contributed by atoms with Crippen LogP contribution < -0.4 is 10.4 Å². The third kappa shape index (κ3) is 2.79. The van der Waals surface area contributed by atoms with Gasteiger partial charge in [-0.25, -0.2) is 4.98 Å². The van der Waals surface area contributed by atoms with E-state index in [4.69, 9.17) is 0 Å². The van der Waals surface area contributed by atoms with Gasteiger partial charge in [0.2, 0.25) is 5.43 Å². The van der Waals surface area contributed by atoms with E-state index in [0.29, 0.717) is 17.4 Å². The van der Waals surface area contributed by atoms with Gasteiger partial charge in [-0.3, -0.25) is 14.5 Å². The summed E-state index contributed by atoms with van der Waals surface area (Å²) in [5.41, 5.74) is 2.33. The van der Waals surface area contributed by atoms with Gasteiger partial charge in [-0.1, -0.05) is 60.7 Å². The average molecular weight is 410 g/mol. The summed E-state index contributed by atoms with van der Waals surface area (Å²) in [5.74, 6) is 0.829. The van der Waals surface area contributed by atoms with Crippen molar-refractivity contribution in [2.45, 2.75) is 25.0 Å². The van der Waals surface area contributed by atoms with Crippen LogP contribution in [-0.2, 0) is 0 Å². The molecule has 2 aliphatic rings. The maximum absolute atomic E-state index is 12.3. The number of aromatic hydroxyl groups is 1. The normalized spacial score (nSPS) is 17.5. The first-order valence-electron chi connectivity index (χ1n) is 10.6. The van der Waals surface area contributed by atoms with Crippen LogP contribution in [0.5, 0.6) is 5.75 Å². The molecule has 154 valence electrons. The SMILES string of the molecule is O=c1ccn2c(c1O)-c1nccn1C(C1CC1)N2C(c1ccccc1)c1ccccc1. The highest BCUT2D eigenvalue weighted by atomic mass is 16.3. The van der Waals surface area contributed by atoms with Crippen molar-refractivity contribution in [2.75, 3.05) is 5.01 Å². The Morgan fingerprint density at radius 2 is 1.55 bits per heavy atom. The largest absolute Gasteiger partial charge is 0.503 e. The minimum atomic E-state index is -0.401. The number of hydrogen-bond acceptors (Lipinski definition) is 4. The van der Waals surface area contributed by atoms with Gasteiger partial charge >= 0.3 is 0 Å². The summed E-state index contributed by atoms with van der Waals surface area (Å²) in [6.07, 6.45) is 7.77. The van der Waals surface area contributed by atoms with Crippen LogP contribution in [0, 0.1) is 5.92 Å². The van der Waals surface area contributed by atoms with E-state index < -0.39 is 5.43 Å². The Morgan fingerprint density at radius 3 is 2.16 bits per heavy atom. The maximum Gasteiger partial charge on any atom is 0.224 e. The first-order valence-corrected chi connectivity index (χ1v) is 10.6. The first kappa shape index (κ1) is 18.0. The van der Waals surface area contributed by atoms with Crippen molar-refractivity contribution in [2.24, 2.45) is 5.92 Å². The second-order valence-corrected chi connectivity index (χ2v) is 8.23. The van der Waals surface area contributed by atoms with E-state index in [-0.39, 0.29) is 18.0 Å². The van der Waals surface area contributed by atoms with Gasteiger partial charge in [-0.15, -0.1) is 0 Å². The van der Waals surface area contributed by atoms with E-state index >= 15 is 0 Å². The minimum Gasteiger partial charge on any atom is -0.503 e. The standard InChI is InChI=1S/C25H22N4O2/c30-20-13-15-28-22(23(20)31)24-26-14-16-27(24)25(19-11-12-19)29(28)21(17-7-3-1-4-8-17)18-9-5-2-6-10-18/h1-10,13-16,19,21,25,31H,11-12H2. The number of benzene rings is 2. The molecule has 1 fully saturated rings. The Morgan fingerprint density at radius 1 is 0.903 bits per heavy atom. The molecule has 0 saturated heterocycles. The molecular formula is C25H22N4O2. The predicted octanol–water partition coefficient (Wildman–Crippen LogP) is 4.07. The maximum atomic E-state index is 12.3. The summed E-state index contributed by atoms with van der Waals surface area (Å²) in [4.78, 5) is 16.9. The van der Waals surface area contributed by atoms with Crippen molar-refractivity contribution in [3.8, 4) is 17.3 Å². The smallest absolute Gasteiger partial charge is 0.224 e. The Balaban J connectivity index is 1.65. The summed E-state index contributed by atoms with van der Waals surface area (Å²) >= 11 is 0. The molecular weight excluding hydrogens is 388 g/mol. The van der Waals surface area contributed by atoms with Crippen LogP contribution in [0.2, 0.25) is 0 Å². The summed E-state index contributed by atoms with van der Waals surface area (Å²) in [7, 11) is 0. The highest BCUT2D eigenvalue weighted by Crippen LogP contribution is 2.49. The van der Waals surface area contributed by atoms with Crippen LogP contribution in [-0.4, -0.2) is 19.3 Å². The number of hydrogen-bond donors (Lipinski definition) is 1. The molecule has 0 bridgehead atoms. The number of imidazole rings is 1. The lowest BCUT2D eigenvalue weighted by Gasteiger charge is -2.46. The van der Waals surface area contributed by atoms with Crippen LogP contribution in [0.3, 0.4) is 0 Å². The molecule has 1 aliphatic carbocycles. The highest BCUT2D eigenvalue weighted by Gasteiger charge is 2.45. The van der Waals surface area contributed by atoms with E-state index in [1.54, 1.807) is 12.4 Å². The lowest BCUT2D eigenvalue weighted by Crippen LogP contribution is -2.49. The number of pyridine rings is 1. The third-order valence-corrected chi connectivity index (χ3v) is 6.28. The van der Waals surface area contributed by atoms with Crippen molar-refractivity contribution in [1.82, 2.24) is 14.2 Å². The Kier molecular flexibility index (Phi) is 3.99. The lowest BCUT2D eigenvalue weighted by molar-refractivity contribution is 0.304. The number of fused-ring (bicyclic) bond motifs is 3. The summed E-state index contributed by atoms with van der Waals surface area (Å²) in [5, 5.41) is 13.1. The summed E-state index contributed by atoms with van der Waals surface area (Å²) in [6, 6.07) is 22.1. The molecule has 0 amide bonds. The predicted molar refractivity (Wildman–Crippen MR) is 118 cm³/mol. The van der Waals surface area contributed by atoms with Crippen LogP contribution in [0.1, 0.15) is 36.2 Å². The molecule has 1 aliphatic heterocycles. The molecule has 6 nitrogen and oxygen atoms in total. The van der Waals surface area contributed by atoms with Gasteiger partial charge in [-0.2, -0.15) is 0 Å². The highest BCUT2D eigenvalue weighted by molar-refractivity contribution is 5.62. The van der Waals surface area contributed by atoms with Crippen LogP contribution in [0.25, 0.3) is 11.5 Å². The zero-order valence-electron chi connectivity index (χ0n) is 16.9. The lowest BCUT2D eigenvalue weighted by atomic mass is 9.96. The van der Waals surface area contributed by atoms with Crippen LogP contribution >= 0.6 is 0 Å². The Bertz CT molecular complexity index is 1250. The Hall–Kier alpha value is -3.80. The molecule has 6 rings (SSSR count). The molecule has 6 heteroatoms. The van der Waals surface area contributed by atoms with Crippen molar-refractivity contribution in [1.29, 1.82) is 0 Å². The van der Waals surface area contributed by atoms with E-state index in [2.05, 4.69) is 38.8 Å². The zero-order valence-corrected chi connectivity index (χ0v) is 16.9. The monoisotopic (exact) mass is 410 g/mol. The number of rotatable bonds is 4. The molecule has 1 N–H and O–H groups in total. The fourth-order valence-corrected chi connectivity index (χ4v) is 4.77. The summed E-state index contributed by atoms with van der Waals surface area (Å²) < 4.78 is 4.05. The van der Waals surface area contributed by atoms with Crippen molar-refractivity contribution in [3.05, 3.63) is 107 Å². The van der Waals surface area contributed by atoms with E-state index in [9.17, 15) is 9.90 Å². The van der Waals surface area contributed by atoms with Gasteiger partial charge in [-0.05, 0) is 29.9 Å². The van der Waals surface area contributed by atoms with Crippen molar-refractivity contribution in [3.63, 3.8) is 0 Å². The molecule has 0 spiro atoms. The van der Waals surface area contributed by atoms with E-state index in [1.165, 1.54) is 6.07 Å². The molecule has 0 radical (unpaired) electrons. The molecule has 1 unspecified atom stereocenters. The fourth-order valence-electron chi connectivity index (χ4n) is 4.77. The molecule has 1 atom stereocenters. The second-order valence-electron chi connectivity index (χ2n) is 8.23. The topological polar surface area (TPSA) is 63.3 Å². The molecule has 31 heavy (non-hydrogen) atoms. The number of aromatic nitrogens is 3. The molecule has 2 aromatic carbocycles. The zero-order chi connectivity index (χ0) is 20.9. The van der Waals surface area contributed by atoms with Crippen molar-refractivity contribution >= 4 is 0 Å². The fraction of sp³-hybridized carbons (Fsp3) is 0.200. The van der Waals surface area contributed by atoms with E-state index in [1.807, 2.05) is 47.3 Å². The van der Waals surface area contributed by atoms with Gasteiger partial charge in [0, 0.05) is 24.7 Å².